The number of rotatable bonds is 3. The number of hydrogen-bond acceptors (Lipinski definition) is 2. The lowest BCUT2D eigenvalue weighted by atomic mass is 10.1. The van der Waals surface area contributed by atoms with Gasteiger partial charge in [0.15, 0.2) is 0 Å². The second-order valence-electron chi connectivity index (χ2n) is 4.69. The zero-order valence-electron chi connectivity index (χ0n) is 10.2. The van der Waals surface area contributed by atoms with Crippen molar-refractivity contribution < 1.29 is 13.6 Å². The van der Waals surface area contributed by atoms with Crippen molar-refractivity contribution in [2.45, 2.75) is 19.4 Å². The maximum Gasteiger partial charge on any atom is 0.223 e. The Morgan fingerprint density at radius 2 is 2.22 bits per heavy atom. The van der Waals surface area contributed by atoms with Crippen LogP contribution in [0.25, 0.3) is 0 Å². The normalized spacial score (nSPS) is 21.4. The van der Waals surface area contributed by atoms with Crippen molar-refractivity contribution >= 4 is 5.91 Å². The molecule has 0 saturated carbocycles. The van der Waals surface area contributed by atoms with Crippen molar-refractivity contribution in [3.63, 3.8) is 0 Å². The summed E-state index contributed by atoms with van der Waals surface area (Å²) in [6, 6.07) is 2.83. The topological polar surface area (TPSA) is 46.3 Å². The largest absolute Gasteiger partial charge is 0.335 e. The summed E-state index contributed by atoms with van der Waals surface area (Å²) >= 11 is 0. The van der Waals surface area contributed by atoms with Crippen LogP contribution in [0.2, 0.25) is 0 Å². The highest BCUT2D eigenvalue weighted by Gasteiger charge is 2.33. The van der Waals surface area contributed by atoms with Crippen LogP contribution in [0.4, 0.5) is 8.78 Å². The van der Waals surface area contributed by atoms with Gasteiger partial charge < -0.3 is 10.6 Å². The van der Waals surface area contributed by atoms with Crippen LogP contribution in [0.1, 0.15) is 24.9 Å². The maximum atomic E-state index is 13.7. The molecule has 1 saturated heterocycles. The highest BCUT2D eigenvalue weighted by Crippen LogP contribution is 2.29. The zero-order valence-corrected chi connectivity index (χ0v) is 10.2. The monoisotopic (exact) mass is 254 g/mol. The van der Waals surface area contributed by atoms with Gasteiger partial charge in [0, 0.05) is 18.5 Å². The van der Waals surface area contributed by atoms with Gasteiger partial charge in [-0.2, -0.15) is 0 Å². The van der Waals surface area contributed by atoms with Crippen LogP contribution >= 0.6 is 0 Å². The van der Waals surface area contributed by atoms with Crippen LogP contribution < -0.4 is 5.73 Å². The van der Waals surface area contributed by atoms with Crippen LogP contribution in [0.3, 0.4) is 0 Å². The van der Waals surface area contributed by atoms with Crippen LogP contribution in [-0.2, 0) is 4.79 Å². The molecule has 1 aromatic carbocycles. The van der Waals surface area contributed by atoms with Gasteiger partial charge in [-0.1, -0.05) is 0 Å². The molecule has 0 aromatic heterocycles. The molecule has 1 aliphatic rings. The Balaban J connectivity index is 2.23. The predicted molar refractivity (Wildman–Crippen MR) is 63.6 cm³/mol. The molecule has 2 N–H and O–H groups in total. The zero-order chi connectivity index (χ0) is 13.3. The molecule has 98 valence electrons. The molecule has 5 heteroatoms. The number of nitrogens with zero attached hydrogens (tertiary/aromatic N) is 1. The van der Waals surface area contributed by atoms with E-state index in [0.29, 0.717) is 19.5 Å². The summed E-state index contributed by atoms with van der Waals surface area (Å²) in [4.78, 5) is 13.4. The van der Waals surface area contributed by atoms with E-state index in [4.69, 9.17) is 5.73 Å². The van der Waals surface area contributed by atoms with Gasteiger partial charge >= 0.3 is 0 Å². The Labute approximate surface area is 105 Å². The number of likely N-dealkylation sites (tertiary alicyclic amines) is 1. The van der Waals surface area contributed by atoms with E-state index in [0.717, 1.165) is 18.2 Å². The Morgan fingerprint density at radius 1 is 1.50 bits per heavy atom. The number of nitrogens with two attached hydrogens (primary N) is 1. The molecular formula is C13H16F2N2O. The summed E-state index contributed by atoms with van der Waals surface area (Å²) in [5.74, 6) is -0.939. The second-order valence-corrected chi connectivity index (χ2v) is 4.69. The quantitative estimate of drug-likeness (QED) is 0.894. The molecule has 2 atom stereocenters. The van der Waals surface area contributed by atoms with Gasteiger partial charge in [-0.15, -0.1) is 0 Å². The lowest BCUT2D eigenvalue weighted by molar-refractivity contribution is -0.129. The summed E-state index contributed by atoms with van der Waals surface area (Å²) < 4.78 is 26.8. The third kappa shape index (κ3) is 2.36. The summed E-state index contributed by atoms with van der Waals surface area (Å²) in [6.45, 7) is 2.64. The Bertz CT molecular complexity index is 464. The van der Waals surface area contributed by atoms with Crippen molar-refractivity contribution in [3.05, 3.63) is 35.4 Å². The fraction of sp³-hybridized carbons (Fsp3) is 0.462. The van der Waals surface area contributed by atoms with Crippen molar-refractivity contribution in [2.75, 3.05) is 13.1 Å². The van der Waals surface area contributed by atoms with Crippen LogP contribution in [0.5, 0.6) is 0 Å². The average molecular weight is 254 g/mol. The van der Waals surface area contributed by atoms with Crippen molar-refractivity contribution in [1.82, 2.24) is 4.90 Å². The smallest absolute Gasteiger partial charge is 0.223 e. The molecule has 2 rings (SSSR count). The van der Waals surface area contributed by atoms with Crippen LogP contribution in [0, 0.1) is 17.6 Å². The molecule has 0 bridgehead atoms. The number of hydrogen-bond donors (Lipinski definition) is 1. The fourth-order valence-electron chi connectivity index (χ4n) is 2.34. The molecular weight excluding hydrogens is 238 g/mol. The van der Waals surface area contributed by atoms with E-state index < -0.39 is 17.7 Å². The van der Waals surface area contributed by atoms with Gasteiger partial charge in [0.05, 0.1) is 6.04 Å². The molecule has 18 heavy (non-hydrogen) atoms. The van der Waals surface area contributed by atoms with E-state index in [-0.39, 0.29) is 17.4 Å². The van der Waals surface area contributed by atoms with Gasteiger partial charge in [-0.25, -0.2) is 8.78 Å². The van der Waals surface area contributed by atoms with E-state index in [1.165, 1.54) is 0 Å². The lowest BCUT2D eigenvalue weighted by Crippen LogP contribution is -2.29. The third-order valence-electron chi connectivity index (χ3n) is 3.45. The van der Waals surface area contributed by atoms with E-state index in [9.17, 15) is 13.6 Å². The first-order valence-corrected chi connectivity index (χ1v) is 5.97. The van der Waals surface area contributed by atoms with Crippen LogP contribution in [0.15, 0.2) is 18.2 Å². The SMILES string of the molecule is CC(c1cc(F)ccc1F)N1CC(CN)CC1=O. The van der Waals surface area contributed by atoms with E-state index in [1.54, 1.807) is 11.8 Å². The van der Waals surface area contributed by atoms with Crippen molar-refractivity contribution in [3.8, 4) is 0 Å². The molecule has 1 aromatic rings. The maximum absolute atomic E-state index is 13.7. The standard InChI is InChI=1S/C13H16F2N2O/c1-8(11-5-10(14)2-3-12(11)15)17-7-9(6-16)4-13(17)18/h2-3,5,8-9H,4,6-7,16H2,1H3. The molecule has 0 aliphatic carbocycles. The van der Waals surface area contributed by atoms with Gasteiger partial charge in [0.25, 0.3) is 0 Å². The Kier molecular flexibility index (Phi) is 3.61. The second kappa shape index (κ2) is 5.02. The minimum absolute atomic E-state index is 0.0541. The summed E-state index contributed by atoms with van der Waals surface area (Å²) in [5.41, 5.74) is 5.75. The molecule has 1 aliphatic heterocycles. The molecule has 1 fully saturated rings. The molecule has 3 nitrogen and oxygen atoms in total. The van der Waals surface area contributed by atoms with E-state index in [1.807, 2.05) is 0 Å². The fourth-order valence-corrected chi connectivity index (χ4v) is 2.34. The minimum atomic E-state index is -0.500. The summed E-state index contributed by atoms with van der Waals surface area (Å²) in [6.07, 6.45) is 0.387. The van der Waals surface area contributed by atoms with Gasteiger partial charge in [-0.3, -0.25) is 4.79 Å². The van der Waals surface area contributed by atoms with Crippen LogP contribution in [-0.4, -0.2) is 23.9 Å². The lowest BCUT2D eigenvalue weighted by Gasteiger charge is -2.25. The summed E-state index contributed by atoms with van der Waals surface area (Å²) in [5, 5.41) is 0. The number of halogens is 2. The van der Waals surface area contributed by atoms with Gasteiger partial charge in [0.1, 0.15) is 11.6 Å². The molecule has 2 unspecified atom stereocenters. The molecule has 0 radical (unpaired) electrons. The molecule has 1 heterocycles. The number of carbonyl (C=O) groups excluding carboxylic acids is 1. The van der Waals surface area contributed by atoms with Gasteiger partial charge in [-0.05, 0) is 37.6 Å². The number of carbonyl (C=O) groups is 1. The number of amides is 1. The Morgan fingerprint density at radius 3 is 2.83 bits per heavy atom. The average Bonchev–Trinajstić information content (AvgIpc) is 2.73. The summed E-state index contributed by atoms with van der Waals surface area (Å²) in [7, 11) is 0. The van der Waals surface area contributed by atoms with Crippen molar-refractivity contribution in [2.24, 2.45) is 11.7 Å². The highest BCUT2D eigenvalue weighted by molar-refractivity contribution is 5.79. The Hall–Kier alpha value is -1.49. The van der Waals surface area contributed by atoms with Crippen molar-refractivity contribution in [1.29, 1.82) is 0 Å². The van der Waals surface area contributed by atoms with E-state index in [2.05, 4.69) is 0 Å². The first-order chi connectivity index (χ1) is 8.52. The highest BCUT2D eigenvalue weighted by atomic mass is 19.1. The first-order valence-electron chi connectivity index (χ1n) is 5.97. The third-order valence-corrected chi connectivity index (χ3v) is 3.45. The number of benzene rings is 1. The van der Waals surface area contributed by atoms with Gasteiger partial charge in [0.2, 0.25) is 5.91 Å². The molecule has 0 spiro atoms. The molecule has 1 amide bonds. The first kappa shape index (κ1) is 13.0. The van der Waals surface area contributed by atoms with E-state index >= 15 is 0 Å². The minimum Gasteiger partial charge on any atom is -0.335 e. The predicted octanol–water partition coefficient (Wildman–Crippen LogP) is 1.83.